The zero-order chi connectivity index (χ0) is 11.8. The lowest BCUT2D eigenvalue weighted by atomic mass is 10.2. The molecule has 0 radical (unpaired) electrons. The van der Waals surface area contributed by atoms with Gasteiger partial charge in [-0.3, -0.25) is 0 Å². The minimum absolute atomic E-state index is 0.311. The fourth-order valence-electron chi connectivity index (χ4n) is 1.13. The molecule has 0 fully saturated rings. The monoisotopic (exact) mass is 218 g/mol. The third kappa shape index (κ3) is 3.53. The summed E-state index contributed by atoms with van der Waals surface area (Å²) in [6, 6.07) is 9.25. The van der Waals surface area contributed by atoms with E-state index in [0.717, 1.165) is 5.56 Å². The van der Waals surface area contributed by atoms with Crippen molar-refractivity contribution < 1.29 is 4.79 Å². The van der Waals surface area contributed by atoms with E-state index in [4.69, 9.17) is 0 Å². The second-order valence-corrected chi connectivity index (χ2v) is 2.99. The predicted molar refractivity (Wildman–Crippen MR) is 61.5 cm³/mol. The Labute approximate surface area is 94.5 Å². The number of nitrogens with one attached hydrogen (secondary N) is 1. The Balaban J connectivity index is 2.74. The zero-order valence-corrected chi connectivity index (χ0v) is 9.13. The minimum Gasteiger partial charge on any atom is -0.340 e. The van der Waals surface area contributed by atoms with Gasteiger partial charge >= 0.3 is 6.03 Å². The van der Waals surface area contributed by atoms with Crippen molar-refractivity contribution >= 4 is 6.03 Å². The van der Waals surface area contributed by atoms with Crippen molar-refractivity contribution in [1.82, 2.24) is 10.3 Å². The molecule has 0 unspecified atom stereocenters. The van der Waals surface area contributed by atoms with E-state index in [1.165, 1.54) is 11.2 Å². The first kappa shape index (κ1) is 11.9. The normalized spacial score (nSPS) is 10.1. The van der Waals surface area contributed by atoms with Gasteiger partial charge in [-0.05, 0) is 5.56 Å². The SMILES string of the molecule is C=CN=NN(Cc1ccccc1)C(=O)NC. The van der Waals surface area contributed by atoms with E-state index in [1.54, 1.807) is 7.05 Å². The van der Waals surface area contributed by atoms with Gasteiger partial charge in [0.25, 0.3) is 0 Å². The van der Waals surface area contributed by atoms with Gasteiger partial charge < -0.3 is 5.32 Å². The molecule has 1 aromatic carbocycles. The van der Waals surface area contributed by atoms with Gasteiger partial charge in [0.15, 0.2) is 0 Å². The van der Waals surface area contributed by atoms with E-state index >= 15 is 0 Å². The third-order valence-electron chi connectivity index (χ3n) is 1.86. The molecule has 0 aliphatic rings. The van der Waals surface area contributed by atoms with Crippen molar-refractivity contribution in [3.63, 3.8) is 0 Å². The standard InChI is InChI=1S/C11H14N4O/c1-3-13-14-15(11(16)12-2)9-10-7-5-4-6-8-10/h3-8H,1,9H2,2H3,(H,12,16). The lowest BCUT2D eigenvalue weighted by Crippen LogP contribution is -2.33. The molecule has 1 aromatic rings. The van der Waals surface area contributed by atoms with Gasteiger partial charge in [0.1, 0.15) is 0 Å². The van der Waals surface area contributed by atoms with Gasteiger partial charge in [0.2, 0.25) is 0 Å². The molecule has 0 aliphatic heterocycles. The van der Waals surface area contributed by atoms with E-state index in [-0.39, 0.29) is 6.03 Å². The first-order valence-electron chi connectivity index (χ1n) is 4.82. The average Bonchev–Trinajstić information content (AvgIpc) is 2.34. The maximum atomic E-state index is 11.4. The number of amides is 2. The lowest BCUT2D eigenvalue weighted by molar-refractivity contribution is 0.195. The average molecular weight is 218 g/mol. The Kier molecular flexibility index (Phi) is 4.72. The van der Waals surface area contributed by atoms with E-state index in [1.807, 2.05) is 30.3 Å². The number of carbonyl (C=O) groups is 1. The number of carbonyl (C=O) groups excluding carboxylic acids is 1. The Morgan fingerprint density at radius 3 is 2.75 bits per heavy atom. The van der Waals surface area contributed by atoms with Crippen LogP contribution in [-0.4, -0.2) is 18.1 Å². The van der Waals surface area contributed by atoms with Crippen LogP contribution < -0.4 is 5.32 Å². The van der Waals surface area contributed by atoms with Gasteiger partial charge in [-0.2, -0.15) is 5.01 Å². The van der Waals surface area contributed by atoms with Crippen LogP contribution in [0.25, 0.3) is 0 Å². The lowest BCUT2D eigenvalue weighted by Gasteiger charge is -2.14. The number of nitrogens with zero attached hydrogens (tertiary/aromatic N) is 3. The van der Waals surface area contributed by atoms with E-state index < -0.39 is 0 Å². The van der Waals surface area contributed by atoms with Crippen LogP contribution in [0, 0.1) is 0 Å². The van der Waals surface area contributed by atoms with Crippen LogP contribution in [0.15, 0.2) is 53.4 Å². The van der Waals surface area contributed by atoms with Crippen molar-refractivity contribution in [2.45, 2.75) is 6.54 Å². The highest BCUT2D eigenvalue weighted by molar-refractivity contribution is 5.73. The summed E-state index contributed by atoms with van der Waals surface area (Å²) in [5.41, 5.74) is 0.981. The number of hydrogen-bond acceptors (Lipinski definition) is 3. The second kappa shape index (κ2) is 6.34. The molecule has 0 saturated carbocycles. The summed E-state index contributed by atoms with van der Waals surface area (Å²) in [4.78, 5) is 11.4. The molecular weight excluding hydrogens is 204 g/mol. The quantitative estimate of drug-likeness (QED) is 0.612. The summed E-state index contributed by atoms with van der Waals surface area (Å²) in [7, 11) is 1.55. The summed E-state index contributed by atoms with van der Waals surface area (Å²) < 4.78 is 0. The van der Waals surface area contributed by atoms with E-state index in [0.29, 0.717) is 6.54 Å². The molecule has 1 rings (SSSR count). The Morgan fingerprint density at radius 1 is 1.50 bits per heavy atom. The van der Waals surface area contributed by atoms with E-state index in [2.05, 4.69) is 22.2 Å². The molecule has 0 spiro atoms. The number of hydrogen-bond donors (Lipinski definition) is 1. The first-order chi connectivity index (χ1) is 7.77. The van der Waals surface area contributed by atoms with E-state index in [9.17, 15) is 4.79 Å². The van der Waals surface area contributed by atoms with Crippen LogP contribution in [0.4, 0.5) is 4.79 Å². The van der Waals surface area contributed by atoms with Gasteiger partial charge in [-0.25, -0.2) is 4.79 Å². The predicted octanol–water partition coefficient (Wildman–Crippen LogP) is 2.34. The first-order valence-corrected chi connectivity index (χ1v) is 4.82. The summed E-state index contributed by atoms with van der Waals surface area (Å²) >= 11 is 0. The number of benzene rings is 1. The van der Waals surface area contributed by atoms with Crippen molar-refractivity contribution in [3.8, 4) is 0 Å². The summed E-state index contributed by atoms with van der Waals surface area (Å²) in [6.45, 7) is 3.78. The van der Waals surface area contributed by atoms with Crippen LogP contribution in [-0.2, 0) is 6.54 Å². The number of urea groups is 1. The molecule has 84 valence electrons. The van der Waals surface area contributed by atoms with Crippen molar-refractivity contribution in [1.29, 1.82) is 0 Å². The van der Waals surface area contributed by atoms with Crippen LogP contribution in [0.1, 0.15) is 5.56 Å². The maximum Gasteiger partial charge on any atom is 0.339 e. The molecule has 0 heterocycles. The minimum atomic E-state index is -0.311. The molecule has 0 aromatic heterocycles. The third-order valence-corrected chi connectivity index (χ3v) is 1.86. The molecule has 0 saturated heterocycles. The number of rotatable bonds is 4. The largest absolute Gasteiger partial charge is 0.340 e. The fourth-order valence-corrected chi connectivity index (χ4v) is 1.13. The maximum absolute atomic E-state index is 11.4. The Hall–Kier alpha value is -2.17. The van der Waals surface area contributed by atoms with Crippen LogP contribution in [0.2, 0.25) is 0 Å². The smallest absolute Gasteiger partial charge is 0.339 e. The fraction of sp³-hybridized carbons (Fsp3) is 0.182. The van der Waals surface area contributed by atoms with Crippen LogP contribution in [0.3, 0.4) is 0 Å². The molecule has 2 amide bonds. The van der Waals surface area contributed by atoms with Gasteiger partial charge in [-0.15, -0.1) is 5.11 Å². The van der Waals surface area contributed by atoms with Crippen LogP contribution >= 0.6 is 0 Å². The molecule has 0 atom stereocenters. The molecule has 5 nitrogen and oxygen atoms in total. The topological polar surface area (TPSA) is 57.1 Å². The van der Waals surface area contributed by atoms with Gasteiger partial charge in [-0.1, -0.05) is 42.1 Å². The summed E-state index contributed by atoms with van der Waals surface area (Å²) in [5.74, 6) is 0. The van der Waals surface area contributed by atoms with Crippen molar-refractivity contribution in [2.75, 3.05) is 7.05 Å². The van der Waals surface area contributed by atoms with Gasteiger partial charge in [0, 0.05) is 13.2 Å². The molecular formula is C11H14N4O. The highest BCUT2D eigenvalue weighted by Crippen LogP contribution is 2.05. The van der Waals surface area contributed by atoms with Crippen molar-refractivity contribution in [3.05, 3.63) is 48.7 Å². The Bertz CT molecular complexity index is 375. The highest BCUT2D eigenvalue weighted by Gasteiger charge is 2.10. The summed E-state index contributed by atoms with van der Waals surface area (Å²) in [5, 5.41) is 11.1. The highest BCUT2D eigenvalue weighted by atomic mass is 16.2. The summed E-state index contributed by atoms with van der Waals surface area (Å²) in [6.07, 6.45) is 1.28. The van der Waals surface area contributed by atoms with Crippen LogP contribution in [0.5, 0.6) is 0 Å². The molecule has 0 bridgehead atoms. The zero-order valence-electron chi connectivity index (χ0n) is 9.13. The molecule has 1 N–H and O–H groups in total. The molecule has 5 heteroatoms. The second-order valence-electron chi connectivity index (χ2n) is 2.99. The molecule has 0 aliphatic carbocycles. The Morgan fingerprint density at radius 2 is 2.19 bits per heavy atom. The van der Waals surface area contributed by atoms with Crippen molar-refractivity contribution in [2.24, 2.45) is 10.3 Å². The van der Waals surface area contributed by atoms with Gasteiger partial charge in [0.05, 0.1) is 6.54 Å². The molecule has 16 heavy (non-hydrogen) atoms.